The van der Waals surface area contributed by atoms with E-state index >= 15 is 0 Å². The van der Waals surface area contributed by atoms with Crippen molar-refractivity contribution in [1.82, 2.24) is 0 Å². The van der Waals surface area contributed by atoms with E-state index in [0.29, 0.717) is 24.2 Å². The van der Waals surface area contributed by atoms with E-state index in [2.05, 4.69) is 5.32 Å². The van der Waals surface area contributed by atoms with E-state index in [1.54, 1.807) is 29.2 Å². The van der Waals surface area contributed by atoms with E-state index in [-0.39, 0.29) is 17.6 Å². The topological polar surface area (TPSA) is 83.6 Å². The van der Waals surface area contributed by atoms with Crippen LogP contribution in [0.3, 0.4) is 0 Å². The van der Waals surface area contributed by atoms with Crippen LogP contribution in [0.4, 0.5) is 11.4 Å². The van der Waals surface area contributed by atoms with Crippen LogP contribution in [0.15, 0.2) is 42.5 Å². The minimum Gasteiger partial charge on any atom is -0.325 e. The van der Waals surface area contributed by atoms with E-state index in [9.17, 15) is 18.0 Å². The van der Waals surface area contributed by atoms with Crippen LogP contribution in [0.5, 0.6) is 0 Å². The largest absolute Gasteiger partial charge is 0.325 e. The van der Waals surface area contributed by atoms with E-state index < -0.39 is 15.8 Å². The molecule has 0 bridgehead atoms. The van der Waals surface area contributed by atoms with Crippen molar-refractivity contribution >= 4 is 33.0 Å². The first kappa shape index (κ1) is 20.1. The Bertz CT molecular complexity index is 993. The van der Waals surface area contributed by atoms with E-state index in [1.165, 1.54) is 6.26 Å². The lowest BCUT2D eigenvalue weighted by Gasteiger charge is -2.18. The Kier molecular flexibility index (Phi) is 5.56. The molecular weight excluding hydrogens is 376 g/mol. The van der Waals surface area contributed by atoms with Crippen molar-refractivity contribution in [3.8, 4) is 0 Å². The highest BCUT2D eigenvalue weighted by molar-refractivity contribution is 7.89. The first-order valence-electron chi connectivity index (χ1n) is 9.09. The molecule has 2 amide bonds. The molecule has 0 radical (unpaired) electrons. The number of benzene rings is 2. The number of hydrogen-bond donors (Lipinski definition) is 1. The Hall–Kier alpha value is -2.67. The van der Waals surface area contributed by atoms with Gasteiger partial charge in [0, 0.05) is 24.2 Å². The Morgan fingerprint density at radius 1 is 1.11 bits per heavy atom. The molecule has 2 aromatic carbocycles. The Labute approximate surface area is 165 Å². The zero-order valence-corrected chi connectivity index (χ0v) is 17.0. The van der Waals surface area contributed by atoms with Crippen molar-refractivity contribution in [2.24, 2.45) is 5.92 Å². The van der Waals surface area contributed by atoms with Gasteiger partial charge in [0.05, 0.1) is 5.75 Å². The average molecular weight is 401 g/mol. The van der Waals surface area contributed by atoms with Crippen LogP contribution in [0.25, 0.3) is 0 Å². The minimum atomic E-state index is -3.11. The van der Waals surface area contributed by atoms with E-state index in [0.717, 1.165) is 16.8 Å². The maximum absolute atomic E-state index is 12.8. The maximum atomic E-state index is 12.8. The van der Waals surface area contributed by atoms with Crippen molar-refractivity contribution in [3.05, 3.63) is 59.2 Å². The summed E-state index contributed by atoms with van der Waals surface area (Å²) in [6.07, 6.45) is 1.64. The van der Waals surface area contributed by atoms with Crippen LogP contribution in [-0.2, 0) is 25.2 Å². The molecule has 1 aliphatic heterocycles. The molecule has 1 aliphatic rings. The third kappa shape index (κ3) is 4.78. The number of carbonyl (C=O) groups excluding carboxylic acids is 2. The minimum absolute atomic E-state index is 0.0484. The van der Waals surface area contributed by atoms with E-state index in [1.807, 2.05) is 32.0 Å². The number of carbonyl (C=O) groups is 2. The molecule has 1 heterocycles. The highest BCUT2D eigenvalue weighted by Crippen LogP contribution is 2.28. The Balaban J connectivity index is 1.67. The SMILES string of the molecule is Cc1cc(C)cc(N2CCC(C(=O)Nc3ccc(CS(C)(=O)=O)cc3)C2=O)c1. The lowest BCUT2D eigenvalue weighted by atomic mass is 10.1. The molecule has 1 saturated heterocycles. The van der Waals surface area contributed by atoms with Gasteiger partial charge in [-0.2, -0.15) is 0 Å². The molecule has 148 valence electrons. The quantitative estimate of drug-likeness (QED) is 0.783. The van der Waals surface area contributed by atoms with Gasteiger partial charge in [-0.3, -0.25) is 9.59 Å². The summed E-state index contributed by atoms with van der Waals surface area (Å²) in [5.74, 6) is -1.31. The van der Waals surface area contributed by atoms with Crippen LogP contribution in [-0.4, -0.2) is 33.0 Å². The summed E-state index contributed by atoms with van der Waals surface area (Å²) in [6, 6.07) is 12.6. The molecule has 0 aliphatic carbocycles. The fourth-order valence-corrected chi connectivity index (χ4v) is 4.30. The van der Waals surface area contributed by atoms with Crippen LogP contribution in [0.1, 0.15) is 23.1 Å². The second kappa shape index (κ2) is 7.75. The summed E-state index contributed by atoms with van der Waals surface area (Å²) in [4.78, 5) is 27.0. The third-order valence-corrected chi connectivity index (χ3v) is 5.55. The van der Waals surface area contributed by atoms with Gasteiger partial charge in [-0.1, -0.05) is 18.2 Å². The summed E-state index contributed by atoms with van der Waals surface area (Å²) in [5, 5.41) is 2.76. The summed E-state index contributed by atoms with van der Waals surface area (Å²) in [5.41, 5.74) is 4.16. The molecule has 1 N–H and O–H groups in total. The summed E-state index contributed by atoms with van der Waals surface area (Å²) < 4.78 is 22.7. The number of rotatable bonds is 5. The van der Waals surface area contributed by atoms with Crippen LogP contribution < -0.4 is 10.2 Å². The van der Waals surface area contributed by atoms with Crippen molar-refractivity contribution in [3.63, 3.8) is 0 Å². The van der Waals surface area contributed by atoms with Crippen molar-refractivity contribution in [2.75, 3.05) is 23.0 Å². The second-order valence-corrected chi connectivity index (χ2v) is 9.57. The molecule has 0 spiro atoms. The molecular formula is C21H24N2O4S. The van der Waals surface area contributed by atoms with Gasteiger partial charge in [-0.05, 0) is 61.2 Å². The fourth-order valence-electron chi connectivity index (χ4n) is 3.50. The summed E-state index contributed by atoms with van der Waals surface area (Å²) in [7, 11) is -3.11. The maximum Gasteiger partial charge on any atom is 0.239 e. The molecule has 2 aromatic rings. The number of sulfone groups is 1. The highest BCUT2D eigenvalue weighted by Gasteiger charge is 2.37. The zero-order valence-electron chi connectivity index (χ0n) is 16.2. The molecule has 3 rings (SSSR count). The first-order valence-corrected chi connectivity index (χ1v) is 11.2. The summed E-state index contributed by atoms with van der Waals surface area (Å²) in [6.45, 7) is 4.47. The number of nitrogens with zero attached hydrogens (tertiary/aromatic N) is 1. The molecule has 28 heavy (non-hydrogen) atoms. The normalized spacial score (nSPS) is 17.0. The highest BCUT2D eigenvalue weighted by atomic mass is 32.2. The van der Waals surface area contributed by atoms with Gasteiger partial charge < -0.3 is 10.2 Å². The van der Waals surface area contributed by atoms with Gasteiger partial charge >= 0.3 is 0 Å². The molecule has 0 saturated carbocycles. The fraction of sp³-hybridized carbons (Fsp3) is 0.333. The number of aryl methyl sites for hydroxylation is 2. The third-order valence-electron chi connectivity index (χ3n) is 4.69. The number of anilines is 2. The lowest BCUT2D eigenvalue weighted by molar-refractivity contribution is -0.129. The van der Waals surface area contributed by atoms with Crippen molar-refractivity contribution < 1.29 is 18.0 Å². The van der Waals surface area contributed by atoms with Gasteiger partial charge in [0.15, 0.2) is 9.84 Å². The van der Waals surface area contributed by atoms with Crippen molar-refractivity contribution in [2.45, 2.75) is 26.0 Å². The Morgan fingerprint density at radius 2 is 1.71 bits per heavy atom. The average Bonchev–Trinajstić information content (AvgIpc) is 2.96. The van der Waals surface area contributed by atoms with E-state index in [4.69, 9.17) is 0 Å². The molecule has 7 heteroatoms. The molecule has 6 nitrogen and oxygen atoms in total. The van der Waals surface area contributed by atoms with Gasteiger partial charge in [0.2, 0.25) is 11.8 Å². The smallest absolute Gasteiger partial charge is 0.239 e. The second-order valence-electron chi connectivity index (χ2n) is 7.43. The Morgan fingerprint density at radius 3 is 2.29 bits per heavy atom. The van der Waals surface area contributed by atoms with Gasteiger partial charge in [0.25, 0.3) is 0 Å². The monoisotopic (exact) mass is 400 g/mol. The van der Waals surface area contributed by atoms with Crippen LogP contribution in [0, 0.1) is 19.8 Å². The number of nitrogens with one attached hydrogen (secondary N) is 1. The number of hydrogen-bond acceptors (Lipinski definition) is 4. The molecule has 0 aromatic heterocycles. The zero-order chi connectivity index (χ0) is 20.5. The standard InChI is InChI=1S/C21H24N2O4S/c1-14-10-15(2)12-18(11-14)23-9-8-19(21(23)25)20(24)22-17-6-4-16(5-7-17)13-28(3,26)27/h4-7,10-12,19H,8-9,13H2,1-3H3,(H,22,24). The summed E-state index contributed by atoms with van der Waals surface area (Å²) >= 11 is 0. The van der Waals surface area contributed by atoms with Gasteiger partial charge in [0.1, 0.15) is 5.92 Å². The van der Waals surface area contributed by atoms with Crippen LogP contribution in [0.2, 0.25) is 0 Å². The first-order chi connectivity index (χ1) is 13.1. The lowest BCUT2D eigenvalue weighted by Crippen LogP contribution is -2.33. The number of amides is 2. The van der Waals surface area contributed by atoms with Gasteiger partial charge in [-0.15, -0.1) is 0 Å². The van der Waals surface area contributed by atoms with Gasteiger partial charge in [-0.25, -0.2) is 8.42 Å². The molecule has 1 fully saturated rings. The predicted octanol–water partition coefficient (Wildman–Crippen LogP) is 2.84. The molecule has 1 atom stereocenters. The van der Waals surface area contributed by atoms with Crippen LogP contribution >= 0.6 is 0 Å². The molecule has 1 unspecified atom stereocenters. The van der Waals surface area contributed by atoms with Crippen molar-refractivity contribution in [1.29, 1.82) is 0 Å². The predicted molar refractivity (Wildman–Crippen MR) is 110 cm³/mol.